The Morgan fingerprint density at radius 1 is 1.27 bits per heavy atom. The minimum atomic E-state index is -0.359. The lowest BCUT2D eigenvalue weighted by atomic mass is 10.2. The van der Waals surface area contributed by atoms with E-state index in [2.05, 4.69) is 10.5 Å². The highest BCUT2D eigenvalue weighted by Gasteiger charge is 2.17. The first-order valence-corrected chi connectivity index (χ1v) is 7.53. The third-order valence-electron chi connectivity index (χ3n) is 2.99. The minimum absolute atomic E-state index is 0.306. The average Bonchev–Trinajstić information content (AvgIpc) is 3.17. The maximum Gasteiger partial charge on any atom is 0.294 e. The number of hydroxylamine groups is 1. The van der Waals surface area contributed by atoms with Crippen molar-refractivity contribution in [2.75, 3.05) is 0 Å². The standard InChI is InChI=1S/C16H14N2O3S/c1-11-14(17-16(22-11)13-8-5-9-20-13)15(19)18-21-10-12-6-3-2-4-7-12/h2-9H,10H2,1H3,(H,18,19). The van der Waals surface area contributed by atoms with Gasteiger partial charge in [-0.05, 0) is 24.6 Å². The number of hydrogen-bond acceptors (Lipinski definition) is 5. The Labute approximate surface area is 131 Å². The molecular formula is C16H14N2O3S. The Morgan fingerprint density at radius 3 is 2.82 bits per heavy atom. The zero-order chi connectivity index (χ0) is 15.4. The van der Waals surface area contributed by atoms with Crippen LogP contribution in [0.4, 0.5) is 0 Å². The number of rotatable bonds is 5. The van der Waals surface area contributed by atoms with E-state index in [1.54, 1.807) is 12.3 Å². The molecule has 2 heterocycles. The van der Waals surface area contributed by atoms with Crippen molar-refractivity contribution in [3.8, 4) is 10.8 Å². The van der Waals surface area contributed by atoms with Gasteiger partial charge in [0.25, 0.3) is 5.91 Å². The van der Waals surface area contributed by atoms with Gasteiger partial charge in [0.15, 0.2) is 10.8 Å². The van der Waals surface area contributed by atoms with E-state index in [1.165, 1.54) is 11.3 Å². The summed E-state index contributed by atoms with van der Waals surface area (Å²) in [7, 11) is 0. The first-order chi connectivity index (χ1) is 10.7. The van der Waals surface area contributed by atoms with Crippen LogP contribution >= 0.6 is 11.3 Å². The molecule has 0 aliphatic carbocycles. The van der Waals surface area contributed by atoms with E-state index >= 15 is 0 Å². The van der Waals surface area contributed by atoms with Crippen molar-refractivity contribution in [3.63, 3.8) is 0 Å². The summed E-state index contributed by atoms with van der Waals surface area (Å²) >= 11 is 1.41. The van der Waals surface area contributed by atoms with E-state index in [9.17, 15) is 4.79 Å². The summed E-state index contributed by atoms with van der Waals surface area (Å²) in [5.74, 6) is 0.292. The lowest BCUT2D eigenvalue weighted by molar-refractivity contribution is 0.0229. The van der Waals surface area contributed by atoms with Crippen molar-refractivity contribution in [1.29, 1.82) is 0 Å². The van der Waals surface area contributed by atoms with Crippen LogP contribution in [0.1, 0.15) is 20.9 Å². The molecule has 3 aromatic rings. The van der Waals surface area contributed by atoms with Crippen LogP contribution in [-0.4, -0.2) is 10.9 Å². The molecule has 1 aromatic carbocycles. The molecule has 0 radical (unpaired) electrons. The molecule has 1 amide bonds. The van der Waals surface area contributed by atoms with Gasteiger partial charge in [-0.25, -0.2) is 10.5 Å². The predicted molar refractivity (Wildman–Crippen MR) is 83.3 cm³/mol. The Hall–Kier alpha value is -2.44. The number of thiazole rings is 1. The molecule has 112 valence electrons. The summed E-state index contributed by atoms with van der Waals surface area (Å²) in [6, 6.07) is 13.2. The zero-order valence-electron chi connectivity index (χ0n) is 11.9. The molecule has 0 unspecified atom stereocenters. The maximum absolute atomic E-state index is 12.1. The minimum Gasteiger partial charge on any atom is -0.462 e. The molecule has 5 nitrogen and oxygen atoms in total. The summed E-state index contributed by atoms with van der Waals surface area (Å²) in [6.45, 7) is 2.15. The molecule has 3 rings (SSSR count). The van der Waals surface area contributed by atoms with E-state index in [0.717, 1.165) is 10.4 Å². The highest BCUT2D eigenvalue weighted by molar-refractivity contribution is 7.15. The lowest BCUT2D eigenvalue weighted by Crippen LogP contribution is -2.24. The number of carbonyl (C=O) groups is 1. The van der Waals surface area contributed by atoms with Gasteiger partial charge in [-0.2, -0.15) is 0 Å². The fourth-order valence-electron chi connectivity index (χ4n) is 1.92. The van der Waals surface area contributed by atoms with Crippen molar-refractivity contribution in [2.45, 2.75) is 13.5 Å². The monoisotopic (exact) mass is 314 g/mol. The van der Waals surface area contributed by atoms with Gasteiger partial charge >= 0.3 is 0 Å². The van der Waals surface area contributed by atoms with Crippen LogP contribution in [0.3, 0.4) is 0 Å². The average molecular weight is 314 g/mol. The largest absolute Gasteiger partial charge is 0.462 e. The Kier molecular flexibility index (Phi) is 4.32. The molecule has 0 bridgehead atoms. The molecule has 22 heavy (non-hydrogen) atoms. The van der Waals surface area contributed by atoms with Gasteiger partial charge in [0.2, 0.25) is 0 Å². The van der Waals surface area contributed by atoms with Crippen LogP contribution < -0.4 is 5.48 Å². The van der Waals surface area contributed by atoms with Crippen LogP contribution in [0.5, 0.6) is 0 Å². The molecule has 0 fully saturated rings. The number of nitrogens with zero attached hydrogens (tertiary/aromatic N) is 1. The van der Waals surface area contributed by atoms with Gasteiger partial charge in [0, 0.05) is 4.88 Å². The predicted octanol–water partition coefficient (Wildman–Crippen LogP) is 3.57. The van der Waals surface area contributed by atoms with Crippen LogP contribution in [0.15, 0.2) is 53.1 Å². The highest BCUT2D eigenvalue weighted by Crippen LogP contribution is 2.27. The topological polar surface area (TPSA) is 64.4 Å². The van der Waals surface area contributed by atoms with Gasteiger partial charge < -0.3 is 4.42 Å². The fourth-order valence-corrected chi connectivity index (χ4v) is 2.80. The van der Waals surface area contributed by atoms with Gasteiger partial charge in [-0.15, -0.1) is 11.3 Å². The molecule has 0 aliphatic rings. The Morgan fingerprint density at radius 2 is 2.09 bits per heavy atom. The van der Waals surface area contributed by atoms with Gasteiger partial charge in [0.05, 0.1) is 12.9 Å². The van der Waals surface area contributed by atoms with E-state index < -0.39 is 0 Å². The lowest BCUT2D eigenvalue weighted by Gasteiger charge is -2.04. The molecule has 0 saturated heterocycles. The molecule has 0 spiro atoms. The van der Waals surface area contributed by atoms with E-state index in [-0.39, 0.29) is 5.91 Å². The number of amides is 1. The second-order valence-corrected chi connectivity index (χ2v) is 5.81. The van der Waals surface area contributed by atoms with Crippen LogP contribution in [-0.2, 0) is 11.4 Å². The number of furan rings is 1. The molecular weight excluding hydrogens is 300 g/mol. The van der Waals surface area contributed by atoms with E-state index in [1.807, 2.05) is 43.3 Å². The van der Waals surface area contributed by atoms with Gasteiger partial charge in [0.1, 0.15) is 5.69 Å². The summed E-state index contributed by atoms with van der Waals surface area (Å²) < 4.78 is 5.29. The molecule has 2 aromatic heterocycles. The molecule has 0 aliphatic heterocycles. The smallest absolute Gasteiger partial charge is 0.294 e. The Bertz CT molecular complexity index is 751. The fraction of sp³-hybridized carbons (Fsp3) is 0.125. The maximum atomic E-state index is 12.1. The van der Waals surface area contributed by atoms with Crippen molar-refractivity contribution in [2.24, 2.45) is 0 Å². The van der Waals surface area contributed by atoms with Crippen LogP contribution in [0.25, 0.3) is 10.8 Å². The Balaban J connectivity index is 1.63. The number of hydrogen-bond donors (Lipinski definition) is 1. The van der Waals surface area contributed by atoms with Gasteiger partial charge in [-0.1, -0.05) is 30.3 Å². The first-order valence-electron chi connectivity index (χ1n) is 6.71. The first kappa shape index (κ1) is 14.5. The molecule has 0 atom stereocenters. The van der Waals surface area contributed by atoms with Crippen molar-refractivity contribution >= 4 is 17.2 Å². The van der Waals surface area contributed by atoms with E-state index in [4.69, 9.17) is 9.25 Å². The van der Waals surface area contributed by atoms with Crippen molar-refractivity contribution in [1.82, 2.24) is 10.5 Å². The molecule has 0 saturated carbocycles. The summed E-state index contributed by atoms with van der Waals surface area (Å²) in [4.78, 5) is 22.5. The van der Waals surface area contributed by atoms with Crippen LogP contribution in [0, 0.1) is 6.92 Å². The quantitative estimate of drug-likeness (QED) is 0.731. The van der Waals surface area contributed by atoms with Gasteiger partial charge in [-0.3, -0.25) is 9.63 Å². The summed E-state index contributed by atoms with van der Waals surface area (Å²) in [5.41, 5.74) is 3.75. The van der Waals surface area contributed by atoms with Crippen molar-refractivity contribution < 1.29 is 14.0 Å². The SMILES string of the molecule is Cc1sc(-c2ccco2)nc1C(=O)NOCc1ccccc1. The molecule has 1 N–H and O–H groups in total. The van der Waals surface area contributed by atoms with Crippen LogP contribution in [0.2, 0.25) is 0 Å². The number of nitrogens with one attached hydrogen (secondary N) is 1. The zero-order valence-corrected chi connectivity index (χ0v) is 12.7. The highest BCUT2D eigenvalue weighted by atomic mass is 32.1. The third kappa shape index (κ3) is 3.24. The molecule has 6 heteroatoms. The normalized spacial score (nSPS) is 10.6. The summed E-state index contributed by atoms with van der Waals surface area (Å²) in [5, 5.41) is 0.677. The van der Waals surface area contributed by atoms with Crippen molar-refractivity contribution in [3.05, 3.63) is 64.9 Å². The second kappa shape index (κ2) is 6.55. The summed E-state index contributed by atoms with van der Waals surface area (Å²) in [6.07, 6.45) is 1.58. The van der Waals surface area contributed by atoms with E-state index in [0.29, 0.717) is 23.1 Å². The second-order valence-electron chi connectivity index (χ2n) is 4.61. The third-order valence-corrected chi connectivity index (χ3v) is 3.98. The number of carbonyl (C=O) groups excluding carboxylic acids is 1. The number of benzene rings is 1. The number of aromatic nitrogens is 1. The number of aryl methyl sites for hydroxylation is 1.